The first kappa shape index (κ1) is 12.3. The minimum absolute atomic E-state index is 0.0739. The van der Waals surface area contributed by atoms with E-state index in [0.29, 0.717) is 6.42 Å². The minimum Gasteiger partial charge on any atom is -0.358 e. The Bertz CT molecular complexity index is 778. The molecule has 1 N–H and O–H groups in total. The number of nitro benzene ring substituents is 1. The summed E-state index contributed by atoms with van der Waals surface area (Å²) < 4.78 is 12.8. The summed E-state index contributed by atoms with van der Waals surface area (Å²) in [6.45, 7) is 0. The quantitative estimate of drug-likeness (QED) is 0.581. The molecule has 0 unspecified atom stereocenters. The SMILES string of the molecule is O=[N+]([O-])c1ccc2[nH]c(Cc3ccc(F)cc3)cc2c1. The van der Waals surface area contributed by atoms with Crippen molar-refractivity contribution in [1.29, 1.82) is 0 Å². The van der Waals surface area contributed by atoms with Crippen molar-refractivity contribution >= 4 is 16.6 Å². The van der Waals surface area contributed by atoms with E-state index in [9.17, 15) is 14.5 Å². The minimum atomic E-state index is -0.411. The van der Waals surface area contributed by atoms with Crippen LogP contribution in [0.5, 0.6) is 0 Å². The molecule has 0 aliphatic rings. The summed E-state index contributed by atoms with van der Waals surface area (Å²) in [6.07, 6.45) is 0.628. The van der Waals surface area contributed by atoms with Gasteiger partial charge in [-0.05, 0) is 29.8 Å². The third-order valence-electron chi connectivity index (χ3n) is 3.18. The number of nitrogens with zero attached hydrogens (tertiary/aromatic N) is 1. The molecule has 0 saturated heterocycles. The zero-order valence-corrected chi connectivity index (χ0v) is 10.5. The first-order valence-corrected chi connectivity index (χ1v) is 6.12. The van der Waals surface area contributed by atoms with Crippen molar-refractivity contribution in [3.8, 4) is 0 Å². The molecule has 100 valence electrons. The highest BCUT2D eigenvalue weighted by Crippen LogP contribution is 2.22. The van der Waals surface area contributed by atoms with Crippen LogP contribution in [-0.4, -0.2) is 9.91 Å². The van der Waals surface area contributed by atoms with Crippen LogP contribution in [0.3, 0.4) is 0 Å². The smallest absolute Gasteiger partial charge is 0.270 e. The second-order valence-corrected chi connectivity index (χ2v) is 4.63. The predicted molar refractivity (Wildman–Crippen MR) is 74.2 cm³/mol. The Balaban J connectivity index is 1.92. The molecule has 0 saturated carbocycles. The second kappa shape index (κ2) is 4.77. The van der Waals surface area contributed by atoms with E-state index in [1.165, 1.54) is 18.2 Å². The van der Waals surface area contributed by atoms with Crippen molar-refractivity contribution in [2.75, 3.05) is 0 Å². The average Bonchev–Trinajstić information content (AvgIpc) is 2.82. The molecular formula is C15H11FN2O2. The fraction of sp³-hybridized carbons (Fsp3) is 0.0667. The van der Waals surface area contributed by atoms with Crippen LogP contribution < -0.4 is 0 Å². The van der Waals surface area contributed by atoms with E-state index < -0.39 is 4.92 Å². The molecule has 1 heterocycles. The molecule has 0 radical (unpaired) electrons. The molecule has 0 atom stereocenters. The highest BCUT2D eigenvalue weighted by Gasteiger charge is 2.08. The van der Waals surface area contributed by atoms with Gasteiger partial charge in [-0.25, -0.2) is 4.39 Å². The molecule has 3 rings (SSSR count). The monoisotopic (exact) mass is 270 g/mol. The number of H-pyrrole nitrogens is 1. The van der Waals surface area contributed by atoms with E-state index in [1.807, 2.05) is 6.07 Å². The Morgan fingerprint density at radius 3 is 2.55 bits per heavy atom. The molecule has 4 nitrogen and oxygen atoms in total. The highest BCUT2D eigenvalue weighted by atomic mass is 19.1. The average molecular weight is 270 g/mol. The topological polar surface area (TPSA) is 58.9 Å². The van der Waals surface area contributed by atoms with Crippen molar-refractivity contribution in [2.24, 2.45) is 0 Å². The van der Waals surface area contributed by atoms with E-state index in [0.717, 1.165) is 22.2 Å². The summed E-state index contributed by atoms with van der Waals surface area (Å²) in [5.41, 5.74) is 2.84. The molecule has 2 aromatic carbocycles. The molecule has 0 amide bonds. The fourth-order valence-corrected chi connectivity index (χ4v) is 2.21. The predicted octanol–water partition coefficient (Wildman–Crippen LogP) is 3.81. The van der Waals surface area contributed by atoms with Gasteiger partial charge in [0.05, 0.1) is 4.92 Å². The lowest BCUT2D eigenvalue weighted by Gasteiger charge is -1.98. The summed E-state index contributed by atoms with van der Waals surface area (Å²) in [7, 11) is 0. The number of hydrogen-bond acceptors (Lipinski definition) is 2. The largest absolute Gasteiger partial charge is 0.358 e. The number of non-ortho nitro benzene ring substituents is 1. The number of nitro groups is 1. The molecule has 3 aromatic rings. The van der Waals surface area contributed by atoms with Crippen LogP contribution in [0.4, 0.5) is 10.1 Å². The standard InChI is InChI=1S/C15H11FN2O2/c16-12-3-1-10(2-4-12)7-13-8-11-9-14(18(19)20)5-6-15(11)17-13/h1-6,8-9,17H,7H2. The van der Waals surface area contributed by atoms with Gasteiger partial charge < -0.3 is 4.98 Å². The molecule has 5 heteroatoms. The fourth-order valence-electron chi connectivity index (χ4n) is 2.21. The molecule has 0 fully saturated rings. The van der Waals surface area contributed by atoms with Crippen LogP contribution in [0, 0.1) is 15.9 Å². The van der Waals surface area contributed by atoms with Crippen molar-refractivity contribution in [1.82, 2.24) is 4.98 Å². The Labute approximate surface area is 114 Å². The van der Waals surface area contributed by atoms with E-state index in [4.69, 9.17) is 0 Å². The number of benzene rings is 2. The Morgan fingerprint density at radius 1 is 1.10 bits per heavy atom. The first-order valence-electron chi connectivity index (χ1n) is 6.12. The zero-order valence-electron chi connectivity index (χ0n) is 10.5. The summed E-state index contributed by atoms with van der Waals surface area (Å²) in [4.78, 5) is 13.5. The summed E-state index contributed by atoms with van der Waals surface area (Å²) in [6, 6.07) is 12.9. The number of halogens is 1. The van der Waals surface area contributed by atoms with E-state index in [-0.39, 0.29) is 11.5 Å². The number of aromatic amines is 1. The van der Waals surface area contributed by atoms with Gasteiger partial charge in [0.1, 0.15) is 5.82 Å². The van der Waals surface area contributed by atoms with Gasteiger partial charge in [-0.3, -0.25) is 10.1 Å². The zero-order chi connectivity index (χ0) is 14.1. The normalized spacial score (nSPS) is 10.8. The molecule has 0 bridgehead atoms. The van der Waals surface area contributed by atoms with Gasteiger partial charge in [-0.15, -0.1) is 0 Å². The van der Waals surface area contributed by atoms with Crippen LogP contribution >= 0.6 is 0 Å². The van der Waals surface area contributed by atoms with Gasteiger partial charge in [0, 0.05) is 35.2 Å². The third-order valence-corrected chi connectivity index (χ3v) is 3.18. The number of hydrogen-bond donors (Lipinski definition) is 1. The maximum absolute atomic E-state index is 12.8. The van der Waals surface area contributed by atoms with Crippen molar-refractivity contribution in [2.45, 2.75) is 6.42 Å². The number of nitrogens with one attached hydrogen (secondary N) is 1. The van der Waals surface area contributed by atoms with Gasteiger partial charge >= 0.3 is 0 Å². The maximum atomic E-state index is 12.8. The second-order valence-electron chi connectivity index (χ2n) is 4.63. The van der Waals surface area contributed by atoms with Crippen LogP contribution in [0.25, 0.3) is 10.9 Å². The molecule has 0 spiro atoms. The molecule has 0 aliphatic heterocycles. The Hall–Kier alpha value is -2.69. The van der Waals surface area contributed by atoms with Gasteiger partial charge in [-0.2, -0.15) is 0 Å². The van der Waals surface area contributed by atoms with Gasteiger partial charge in [0.15, 0.2) is 0 Å². The Morgan fingerprint density at radius 2 is 1.85 bits per heavy atom. The first-order chi connectivity index (χ1) is 9.61. The lowest BCUT2D eigenvalue weighted by Crippen LogP contribution is -1.88. The van der Waals surface area contributed by atoms with Crippen LogP contribution in [0.15, 0.2) is 48.5 Å². The summed E-state index contributed by atoms with van der Waals surface area (Å²) >= 11 is 0. The van der Waals surface area contributed by atoms with E-state index in [1.54, 1.807) is 24.3 Å². The van der Waals surface area contributed by atoms with Crippen LogP contribution in [0.1, 0.15) is 11.3 Å². The molecule has 0 aliphatic carbocycles. The summed E-state index contributed by atoms with van der Waals surface area (Å²) in [5.74, 6) is -0.263. The van der Waals surface area contributed by atoms with Crippen molar-refractivity contribution < 1.29 is 9.31 Å². The van der Waals surface area contributed by atoms with Crippen LogP contribution in [-0.2, 0) is 6.42 Å². The van der Waals surface area contributed by atoms with E-state index in [2.05, 4.69) is 4.98 Å². The summed E-state index contributed by atoms with van der Waals surface area (Å²) in [5, 5.41) is 11.5. The lowest BCUT2D eigenvalue weighted by molar-refractivity contribution is -0.384. The van der Waals surface area contributed by atoms with Crippen molar-refractivity contribution in [3.05, 3.63) is 75.7 Å². The van der Waals surface area contributed by atoms with Crippen molar-refractivity contribution in [3.63, 3.8) is 0 Å². The van der Waals surface area contributed by atoms with Gasteiger partial charge in [-0.1, -0.05) is 12.1 Å². The molecule has 1 aromatic heterocycles. The lowest BCUT2D eigenvalue weighted by atomic mass is 10.1. The van der Waals surface area contributed by atoms with E-state index >= 15 is 0 Å². The van der Waals surface area contributed by atoms with Gasteiger partial charge in [0.2, 0.25) is 0 Å². The number of aromatic nitrogens is 1. The van der Waals surface area contributed by atoms with Crippen LogP contribution in [0.2, 0.25) is 0 Å². The molecular weight excluding hydrogens is 259 g/mol. The third kappa shape index (κ3) is 2.38. The molecule has 20 heavy (non-hydrogen) atoms. The maximum Gasteiger partial charge on any atom is 0.270 e. The Kier molecular flexibility index (Phi) is 2.95. The number of fused-ring (bicyclic) bond motifs is 1. The highest BCUT2D eigenvalue weighted by molar-refractivity contribution is 5.82. The number of rotatable bonds is 3. The van der Waals surface area contributed by atoms with Gasteiger partial charge in [0.25, 0.3) is 5.69 Å².